The molecule has 0 atom stereocenters. The van der Waals surface area contributed by atoms with Crippen molar-refractivity contribution in [3.63, 3.8) is 0 Å². The summed E-state index contributed by atoms with van der Waals surface area (Å²) < 4.78 is 16.3. The number of ether oxygens (including phenoxy) is 3. The maximum atomic E-state index is 12.9. The lowest BCUT2D eigenvalue weighted by molar-refractivity contribution is 0.209. The van der Waals surface area contributed by atoms with Gasteiger partial charge in [0.2, 0.25) is 0 Å². The van der Waals surface area contributed by atoms with Gasteiger partial charge in [0, 0.05) is 61.7 Å². The SMILES string of the molecule is COc1cc(-c2nc3cc(OC)cc(OC)c3c(=O)[nH]2)cc(N2CCN(C(C)C)CC2)c1. The fourth-order valence-corrected chi connectivity index (χ4v) is 4.14. The average Bonchev–Trinajstić information content (AvgIpc) is 2.82. The highest BCUT2D eigenvalue weighted by Crippen LogP contribution is 2.32. The Balaban J connectivity index is 1.76. The molecule has 1 fully saturated rings. The summed E-state index contributed by atoms with van der Waals surface area (Å²) in [7, 11) is 4.74. The van der Waals surface area contributed by atoms with Crippen LogP contribution in [0.1, 0.15) is 13.8 Å². The van der Waals surface area contributed by atoms with E-state index in [0.29, 0.717) is 34.3 Å². The van der Waals surface area contributed by atoms with Gasteiger partial charge in [-0.1, -0.05) is 0 Å². The van der Waals surface area contributed by atoms with Crippen molar-refractivity contribution in [1.82, 2.24) is 14.9 Å². The van der Waals surface area contributed by atoms with Crippen LogP contribution in [0.3, 0.4) is 0 Å². The number of piperazine rings is 1. The van der Waals surface area contributed by atoms with Gasteiger partial charge >= 0.3 is 0 Å². The molecule has 32 heavy (non-hydrogen) atoms. The number of aromatic nitrogens is 2. The second-order valence-electron chi connectivity index (χ2n) is 8.17. The molecule has 1 aromatic heterocycles. The first-order valence-electron chi connectivity index (χ1n) is 10.8. The highest BCUT2D eigenvalue weighted by atomic mass is 16.5. The highest BCUT2D eigenvalue weighted by Gasteiger charge is 2.21. The van der Waals surface area contributed by atoms with E-state index in [9.17, 15) is 4.79 Å². The number of hydrogen-bond acceptors (Lipinski definition) is 7. The van der Waals surface area contributed by atoms with Crippen molar-refractivity contribution in [1.29, 1.82) is 0 Å². The Hall–Kier alpha value is -3.26. The van der Waals surface area contributed by atoms with Gasteiger partial charge in [-0.2, -0.15) is 0 Å². The fraction of sp³-hybridized carbons (Fsp3) is 0.417. The van der Waals surface area contributed by atoms with E-state index in [4.69, 9.17) is 19.2 Å². The number of benzene rings is 2. The van der Waals surface area contributed by atoms with Crippen molar-refractivity contribution in [2.75, 3.05) is 52.4 Å². The Morgan fingerprint density at radius 3 is 2.22 bits per heavy atom. The summed E-state index contributed by atoms with van der Waals surface area (Å²) in [6.45, 7) is 8.33. The minimum absolute atomic E-state index is 0.264. The normalized spacial score (nSPS) is 14.8. The predicted molar refractivity (Wildman–Crippen MR) is 126 cm³/mol. The third-order valence-electron chi connectivity index (χ3n) is 6.01. The van der Waals surface area contributed by atoms with Gasteiger partial charge in [-0.05, 0) is 26.0 Å². The zero-order valence-corrected chi connectivity index (χ0v) is 19.3. The Bertz CT molecular complexity index is 1170. The smallest absolute Gasteiger partial charge is 0.262 e. The van der Waals surface area contributed by atoms with Crippen LogP contribution in [0, 0.1) is 0 Å². The molecule has 4 rings (SSSR count). The molecule has 3 aromatic rings. The summed E-state index contributed by atoms with van der Waals surface area (Å²) in [5.41, 5.74) is 2.08. The van der Waals surface area contributed by atoms with E-state index in [1.165, 1.54) is 7.11 Å². The number of hydrogen-bond donors (Lipinski definition) is 1. The van der Waals surface area contributed by atoms with Gasteiger partial charge in [-0.25, -0.2) is 4.98 Å². The average molecular weight is 439 g/mol. The maximum Gasteiger partial charge on any atom is 0.262 e. The standard InChI is InChI=1S/C24H30N4O4/c1-15(2)27-6-8-28(9-7-27)17-10-16(11-18(12-17)30-3)23-25-20-13-19(31-4)14-21(32-5)22(20)24(29)26-23/h10-15H,6-9H2,1-5H3,(H,25,26,29). The number of nitrogens with one attached hydrogen (secondary N) is 1. The van der Waals surface area contributed by atoms with Crippen LogP contribution in [0.15, 0.2) is 35.1 Å². The number of fused-ring (bicyclic) bond motifs is 1. The predicted octanol–water partition coefficient (Wildman–Crippen LogP) is 3.15. The van der Waals surface area contributed by atoms with Crippen molar-refractivity contribution in [2.45, 2.75) is 19.9 Å². The first kappa shape index (κ1) is 22.0. The molecule has 1 saturated heterocycles. The monoisotopic (exact) mass is 438 g/mol. The molecule has 0 unspecified atom stereocenters. The zero-order chi connectivity index (χ0) is 22.8. The number of H-pyrrole nitrogens is 1. The highest BCUT2D eigenvalue weighted by molar-refractivity contribution is 5.87. The Morgan fingerprint density at radius 1 is 0.906 bits per heavy atom. The van der Waals surface area contributed by atoms with Gasteiger partial charge < -0.3 is 24.1 Å². The van der Waals surface area contributed by atoms with Crippen LogP contribution in [-0.4, -0.2) is 68.4 Å². The number of nitrogens with zero attached hydrogens (tertiary/aromatic N) is 3. The van der Waals surface area contributed by atoms with Crippen LogP contribution < -0.4 is 24.7 Å². The minimum atomic E-state index is -0.264. The van der Waals surface area contributed by atoms with Gasteiger partial charge in [0.15, 0.2) is 0 Å². The molecular formula is C24H30N4O4. The molecule has 0 bridgehead atoms. The van der Waals surface area contributed by atoms with Crippen molar-refractivity contribution in [3.05, 3.63) is 40.7 Å². The summed E-state index contributed by atoms with van der Waals surface area (Å²) in [6.07, 6.45) is 0. The van der Waals surface area contributed by atoms with Crippen LogP contribution >= 0.6 is 0 Å². The third-order valence-corrected chi connectivity index (χ3v) is 6.01. The Morgan fingerprint density at radius 2 is 1.59 bits per heavy atom. The van der Waals surface area contributed by atoms with Crippen LogP contribution in [0.5, 0.6) is 17.2 Å². The van der Waals surface area contributed by atoms with Crippen molar-refractivity contribution in [3.8, 4) is 28.6 Å². The van der Waals surface area contributed by atoms with E-state index < -0.39 is 0 Å². The van der Waals surface area contributed by atoms with Gasteiger partial charge in [0.25, 0.3) is 5.56 Å². The van der Waals surface area contributed by atoms with E-state index in [1.807, 2.05) is 12.1 Å². The largest absolute Gasteiger partial charge is 0.497 e. The molecule has 2 aromatic carbocycles. The number of aromatic amines is 1. The lowest BCUT2D eigenvalue weighted by Gasteiger charge is -2.38. The second-order valence-corrected chi connectivity index (χ2v) is 8.17. The van der Waals surface area contributed by atoms with Crippen LogP contribution in [0.25, 0.3) is 22.3 Å². The summed E-state index contributed by atoms with van der Waals surface area (Å²) in [5, 5.41) is 0.393. The van der Waals surface area contributed by atoms with E-state index >= 15 is 0 Å². The van der Waals surface area contributed by atoms with Gasteiger partial charge in [-0.3, -0.25) is 9.69 Å². The van der Waals surface area contributed by atoms with Crippen LogP contribution in [-0.2, 0) is 0 Å². The molecule has 0 radical (unpaired) electrons. The van der Waals surface area contributed by atoms with Crippen molar-refractivity contribution in [2.24, 2.45) is 0 Å². The third kappa shape index (κ3) is 4.23. The van der Waals surface area contributed by atoms with Gasteiger partial charge in [0.05, 0.1) is 26.8 Å². The maximum absolute atomic E-state index is 12.9. The minimum Gasteiger partial charge on any atom is -0.497 e. The molecule has 170 valence electrons. The number of anilines is 1. The summed E-state index contributed by atoms with van der Waals surface area (Å²) in [4.78, 5) is 25.4. The molecule has 1 aliphatic rings. The molecule has 0 aliphatic carbocycles. The van der Waals surface area contributed by atoms with Gasteiger partial charge in [0.1, 0.15) is 28.5 Å². The van der Waals surface area contributed by atoms with Crippen molar-refractivity contribution >= 4 is 16.6 Å². The van der Waals surface area contributed by atoms with Crippen LogP contribution in [0.2, 0.25) is 0 Å². The molecular weight excluding hydrogens is 408 g/mol. The molecule has 1 N–H and O–H groups in total. The summed E-state index contributed by atoms with van der Waals surface area (Å²) >= 11 is 0. The number of rotatable bonds is 6. The van der Waals surface area contributed by atoms with E-state index in [-0.39, 0.29) is 5.56 Å². The molecule has 0 saturated carbocycles. The summed E-state index contributed by atoms with van der Waals surface area (Å²) in [6, 6.07) is 9.92. The molecule has 0 amide bonds. The van der Waals surface area contributed by atoms with Crippen LogP contribution in [0.4, 0.5) is 5.69 Å². The topological polar surface area (TPSA) is 79.9 Å². The lowest BCUT2D eigenvalue weighted by Crippen LogP contribution is -2.48. The Labute approximate surface area is 187 Å². The molecule has 1 aliphatic heterocycles. The molecule has 8 heteroatoms. The lowest BCUT2D eigenvalue weighted by atomic mass is 10.1. The van der Waals surface area contributed by atoms with E-state index in [0.717, 1.165) is 43.2 Å². The second kappa shape index (κ2) is 9.08. The first-order valence-corrected chi connectivity index (χ1v) is 10.8. The van der Waals surface area contributed by atoms with Gasteiger partial charge in [-0.15, -0.1) is 0 Å². The van der Waals surface area contributed by atoms with E-state index in [1.54, 1.807) is 26.4 Å². The quantitative estimate of drug-likeness (QED) is 0.633. The molecule has 2 heterocycles. The van der Waals surface area contributed by atoms with E-state index in [2.05, 4.69) is 34.7 Å². The summed E-state index contributed by atoms with van der Waals surface area (Å²) in [5.74, 6) is 2.19. The number of methoxy groups -OCH3 is 3. The fourth-order valence-electron chi connectivity index (χ4n) is 4.14. The van der Waals surface area contributed by atoms with Crippen molar-refractivity contribution < 1.29 is 14.2 Å². The molecule has 0 spiro atoms. The first-order chi connectivity index (χ1) is 15.4. The Kier molecular flexibility index (Phi) is 6.23. The zero-order valence-electron chi connectivity index (χ0n) is 19.3. The molecule has 8 nitrogen and oxygen atoms in total.